The quantitative estimate of drug-likeness (QED) is 0.0261. The number of hydrogen-bond donors (Lipinski definition) is 0. The Hall–Kier alpha value is -5.23. The first-order valence-corrected chi connectivity index (χ1v) is 33.6. The summed E-state index contributed by atoms with van der Waals surface area (Å²) in [5.41, 5.74) is 0. The predicted octanol–water partition coefficient (Wildman–Crippen LogP) is 23.4. The van der Waals surface area contributed by atoms with Gasteiger partial charge in [0.2, 0.25) is 0 Å². The fraction of sp³-hybridized carbons (Fsp3) is 0.597. The zero-order valence-electron chi connectivity index (χ0n) is 53.4. The molecule has 6 nitrogen and oxygen atoms in total. The van der Waals surface area contributed by atoms with E-state index in [-0.39, 0.29) is 37.5 Å². The summed E-state index contributed by atoms with van der Waals surface area (Å²) in [6.07, 6.45) is 102. The summed E-state index contributed by atoms with van der Waals surface area (Å²) in [5.74, 6) is -0.979. The molecule has 0 N–H and O–H groups in total. The second-order valence-electron chi connectivity index (χ2n) is 21.6. The van der Waals surface area contributed by atoms with Crippen molar-refractivity contribution < 1.29 is 28.6 Å². The Bertz CT molecular complexity index is 1890. The summed E-state index contributed by atoms with van der Waals surface area (Å²) in [6.45, 7) is 6.35. The Kier molecular flexibility index (Phi) is 64.9. The highest BCUT2D eigenvalue weighted by molar-refractivity contribution is 5.71. The van der Waals surface area contributed by atoms with Crippen molar-refractivity contribution in [3.63, 3.8) is 0 Å². The van der Waals surface area contributed by atoms with Crippen LogP contribution in [0.1, 0.15) is 278 Å². The first kappa shape index (κ1) is 77.8. The minimum absolute atomic E-state index is 0.110. The molecule has 0 fully saturated rings. The highest BCUT2D eigenvalue weighted by atomic mass is 16.6. The smallest absolute Gasteiger partial charge is 0.306 e. The Labute approximate surface area is 511 Å². The molecule has 0 saturated carbocycles. The third-order valence-corrected chi connectivity index (χ3v) is 13.7. The number of carbonyl (C=O) groups is 3. The van der Waals surface area contributed by atoms with Crippen LogP contribution < -0.4 is 0 Å². The molecule has 6 heteroatoms. The van der Waals surface area contributed by atoms with E-state index in [1.807, 2.05) is 0 Å². The fourth-order valence-corrected chi connectivity index (χ4v) is 8.71. The monoisotopic (exact) mass is 1140 g/mol. The van der Waals surface area contributed by atoms with Crippen LogP contribution in [0, 0.1) is 0 Å². The van der Waals surface area contributed by atoms with E-state index in [0.29, 0.717) is 19.3 Å². The lowest BCUT2D eigenvalue weighted by atomic mass is 10.1. The van der Waals surface area contributed by atoms with E-state index in [9.17, 15) is 14.4 Å². The molecule has 0 aliphatic rings. The Balaban J connectivity index is 4.53. The van der Waals surface area contributed by atoms with Gasteiger partial charge in [0, 0.05) is 19.3 Å². The minimum atomic E-state index is -0.819. The summed E-state index contributed by atoms with van der Waals surface area (Å²) in [5, 5.41) is 0. The number of hydrogen-bond acceptors (Lipinski definition) is 6. The lowest BCUT2D eigenvalue weighted by Crippen LogP contribution is -2.30. The van der Waals surface area contributed by atoms with Gasteiger partial charge >= 0.3 is 17.9 Å². The van der Waals surface area contributed by atoms with Gasteiger partial charge in [-0.2, -0.15) is 0 Å². The van der Waals surface area contributed by atoms with Gasteiger partial charge in [0.15, 0.2) is 6.10 Å². The zero-order valence-corrected chi connectivity index (χ0v) is 53.4. The first-order valence-electron chi connectivity index (χ1n) is 33.6. The Morgan fingerprint density at radius 3 is 0.759 bits per heavy atom. The van der Waals surface area contributed by atoms with Crippen LogP contribution in [0.5, 0.6) is 0 Å². The van der Waals surface area contributed by atoms with Gasteiger partial charge in [-0.1, -0.05) is 274 Å². The normalized spacial score (nSPS) is 13.2. The highest BCUT2D eigenvalue weighted by Crippen LogP contribution is 2.14. The van der Waals surface area contributed by atoms with Crippen LogP contribution in [0.25, 0.3) is 0 Å². The van der Waals surface area contributed by atoms with Gasteiger partial charge in [-0.05, 0) is 154 Å². The maximum Gasteiger partial charge on any atom is 0.306 e. The van der Waals surface area contributed by atoms with Crippen LogP contribution in [0.3, 0.4) is 0 Å². The molecule has 0 heterocycles. The molecular weight excluding hydrogens is 1020 g/mol. The summed E-state index contributed by atoms with van der Waals surface area (Å²) in [6, 6.07) is 0. The molecule has 0 amide bonds. The number of unbranched alkanes of at least 4 members (excludes halogenated alkanes) is 20. The minimum Gasteiger partial charge on any atom is -0.462 e. The van der Waals surface area contributed by atoms with Gasteiger partial charge in [-0.25, -0.2) is 0 Å². The molecule has 0 rings (SSSR count). The van der Waals surface area contributed by atoms with Crippen molar-refractivity contribution in [1.82, 2.24) is 0 Å². The molecule has 0 bridgehead atoms. The van der Waals surface area contributed by atoms with E-state index in [1.165, 1.54) is 77.0 Å². The lowest BCUT2D eigenvalue weighted by molar-refractivity contribution is -0.167. The summed E-state index contributed by atoms with van der Waals surface area (Å²) >= 11 is 0. The average Bonchev–Trinajstić information content (AvgIpc) is 3.49. The number of esters is 3. The molecule has 83 heavy (non-hydrogen) atoms. The van der Waals surface area contributed by atoms with E-state index in [4.69, 9.17) is 14.2 Å². The van der Waals surface area contributed by atoms with Gasteiger partial charge in [0.1, 0.15) is 13.2 Å². The van der Waals surface area contributed by atoms with E-state index < -0.39 is 6.10 Å². The fourth-order valence-electron chi connectivity index (χ4n) is 8.71. The van der Waals surface area contributed by atoms with Crippen molar-refractivity contribution in [2.75, 3.05) is 13.2 Å². The zero-order chi connectivity index (χ0) is 59.9. The molecule has 0 aliphatic heterocycles. The Morgan fingerprint density at radius 2 is 0.470 bits per heavy atom. The van der Waals surface area contributed by atoms with Crippen LogP contribution in [0.4, 0.5) is 0 Å². The van der Waals surface area contributed by atoms with Crippen LogP contribution in [-0.2, 0) is 28.6 Å². The molecule has 1 unspecified atom stereocenters. The third-order valence-electron chi connectivity index (χ3n) is 13.7. The molecule has 1 atom stereocenters. The van der Waals surface area contributed by atoms with Crippen molar-refractivity contribution >= 4 is 17.9 Å². The lowest BCUT2D eigenvalue weighted by Gasteiger charge is -2.18. The second-order valence-corrected chi connectivity index (χ2v) is 21.6. The van der Waals surface area contributed by atoms with E-state index in [0.717, 1.165) is 154 Å². The standard InChI is InChI=1S/C77H122O6/c1-4-7-10-13-16-19-22-25-28-31-33-35-36-37-38-39-40-42-43-46-49-52-55-58-61-64-67-70-76(79)82-73-74(72-81-75(78)69-66-63-60-57-54-51-48-45-30-27-24-21-18-15-12-9-6-3)83-77(80)71-68-65-62-59-56-53-50-47-44-41-34-32-29-26-23-20-17-14-11-8-5-2/h7,9-10,12,16,18-19,21,23,25-28,30,32-35,37-38,40,42,44,46-47,49,55,58,74H,4-6,8,11,13-15,17,20,22,24,29,31,36,39,41,43,45,48,50-54,56-57,59-73H2,1-3H3/b10-7-,12-9-,19-16-,21-18-,26-23-,28-25-,30-27-,34-32-,35-33-,38-37-,42-40-,47-44-,49-46-,58-55-. The van der Waals surface area contributed by atoms with E-state index >= 15 is 0 Å². The molecule has 0 aromatic heterocycles. The molecule has 466 valence electrons. The number of carbonyl (C=O) groups excluding carboxylic acids is 3. The predicted molar refractivity (Wildman–Crippen MR) is 361 cm³/mol. The SMILES string of the molecule is CC/C=C\C/C=C\C/C=C\C/C=C\C/C=C\C/C=C\C/C=C\C/C=C\CCCCC(=O)OCC(COC(=O)CCCCCCCCC/C=C\C/C=C\C/C=C\CC)OC(=O)CCCCCCCC/C=C\C/C=C\C/C=C\CCCCCCC. The van der Waals surface area contributed by atoms with Crippen molar-refractivity contribution in [2.24, 2.45) is 0 Å². The molecule has 0 aromatic rings. The summed E-state index contributed by atoms with van der Waals surface area (Å²) in [4.78, 5) is 38.4. The topological polar surface area (TPSA) is 78.9 Å². The van der Waals surface area contributed by atoms with Crippen LogP contribution in [-0.4, -0.2) is 37.2 Å². The number of rotatable bonds is 59. The van der Waals surface area contributed by atoms with Crippen LogP contribution in [0.15, 0.2) is 170 Å². The molecular formula is C77H122O6. The first-order chi connectivity index (χ1) is 41.0. The Morgan fingerprint density at radius 1 is 0.253 bits per heavy atom. The van der Waals surface area contributed by atoms with Crippen molar-refractivity contribution in [3.8, 4) is 0 Å². The maximum absolute atomic E-state index is 12.9. The third kappa shape index (κ3) is 67.4. The summed E-state index contributed by atoms with van der Waals surface area (Å²) < 4.78 is 16.9. The van der Waals surface area contributed by atoms with Gasteiger partial charge in [-0.3, -0.25) is 14.4 Å². The molecule has 0 saturated heterocycles. The van der Waals surface area contributed by atoms with Gasteiger partial charge in [0.25, 0.3) is 0 Å². The second kappa shape index (κ2) is 69.3. The summed E-state index contributed by atoms with van der Waals surface area (Å²) in [7, 11) is 0. The molecule has 0 aliphatic carbocycles. The van der Waals surface area contributed by atoms with Crippen LogP contribution >= 0.6 is 0 Å². The van der Waals surface area contributed by atoms with E-state index in [1.54, 1.807) is 0 Å². The van der Waals surface area contributed by atoms with E-state index in [2.05, 4.69) is 191 Å². The number of allylic oxidation sites excluding steroid dienone is 28. The number of ether oxygens (including phenoxy) is 3. The van der Waals surface area contributed by atoms with Gasteiger partial charge < -0.3 is 14.2 Å². The average molecular weight is 1140 g/mol. The maximum atomic E-state index is 12.9. The van der Waals surface area contributed by atoms with Crippen molar-refractivity contribution in [3.05, 3.63) is 170 Å². The molecule has 0 radical (unpaired) electrons. The largest absolute Gasteiger partial charge is 0.462 e. The van der Waals surface area contributed by atoms with Gasteiger partial charge in [-0.15, -0.1) is 0 Å². The van der Waals surface area contributed by atoms with Crippen LogP contribution in [0.2, 0.25) is 0 Å². The molecule has 0 aromatic carbocycles. The van der Waals surface area contributed by atoms with Gasteiger partial charge in [0.05, 0.1) is 0 Å². The highest BCUT2D eigenvalue weighted by Gasteiger charge is 2.19. The van der Waals surface area contributed by atoms with Crippen molar-refractivity contribution in [1.29, 1.82) is 0 Å². The molecule has 0 spiro atoms. The van der Waals surface area contributed by atoms with Crippen molar-refractivity contribution in [2.45, 2.75) is 284 Å².